The van der Waals surface area contributed by atoms with E-state index in [0.717, 1.165) is 16.7 Å². The number of carbonyl (C=O) groups is 1. The van der Waals surface area contributed by atoms with E-state index in [1.807, 2.05) is 26.0 Å². The van der Waals surface area contributed by atoms with Gasteiger partial charge in [-0.25, -0.2) is 0 Å². The van der Waals surface area contributed by atoms with Crippen molar-refractivity contribution >= 4 is 5.91 Å². The number of amides is 1. The summed E-state index contributed by atoms with van der Waals surface area (Å²) >= 11 is 0. The average molecular weight is 313 g/mol. The Morgan fingerprint density at radius 3 is 2.39 bits per heavy atom. The Morgan fingerprint density at radius 2 is 1.78 bits per heavy atom. The lowest BCUT2D eigenvalue weighted by Crippen LogP contribution is -2.21. The minimum atomic E-state index is -0.707. The summed E-state index contributed by atoms with van der Waals surface area (Å²) in [4.78, 5) is 13.5. The van der Waals surface area contributed by atoms with E-state index in [1.54, 1.807) is 38.4 Å². The molecule has 1 amide bonds. The second kappa shape index (κ2) is 7.29. The number of aliphatic hydroxyl groups excluding tert-OH is 1. The van der Waals surface area contributed by atoms with Crippen molar-refractivity contribution in [1.29, 1.82) is 0 Å². The van der Waals surface area contributed by atoms with Crippen molar-refractivity contribution in [2.45, 2.75) is 20.0 Å². The summed E-state index contributed by atoms with van der Waals surface area (Å²) in [5.74, 6) is 0.492. The summed E-state index contributed by atoms with van der Waals surface area (Å²) < 4.78 is 5.65. The van der Waals surface area contributed by atoms with Gasteiger partial charge in [-0.2, -0.15) is 0 Å². The Kier molecular flexibility index (Phi) is 5.40. The van der Waals surface area contributed by atoms with Crippen LogP contribution in [0.4, 0.5) is 0 Å². The number of nitrogens with zero attached hydrogens (tertiary/aromatic N) is 1. The molecule has 0 heterocycles. The highest BCUT2D eigenvalue weighted by molar-refractivity contribution is 5.94. The van der Waals surface area contributed by atoms with E-state index < -0.39 is 6.10 Å². The van der Waals surface area contributed by atoms with E-state index in [4.69, 9.17) is 4.74 Å². The normalized spacial score (nSPS) is 11.9. The molecule has 0 saturated heterocycles. The number of rotatable bonds is 5. The topological polar surface area (TPSA) is 49.8 Å². The molecular weight excluding hydrogens is 290 g/mol. The van der Waals surface area contributed by atoms with Gasteiger partial charge >= 0.3 is 0 Å². The maximum atomic E-state index is 12.0. The Balaban J connectivity index is 2.05. The van der Waals surface area contributed by atoms with Gasteiger partial charge in [-0.05, 0) is 37.6 Å². The molecule has 0 saturated carbocycles. The van der Waals surface area contributed by atoms with Crippen molar-refractivity contribution in [3.05, 3.63) is 64.7 Å². The van der Waals surface area contributed by atoms with Crippen LogP contribution in [-0.2, 0) is 0 Å². The van der Waals surface area contributed by atoms with Gasteiger partial charge in [-0.15, -0.1) is 0 Å². The Morgan fingerprint density at radius 1 is 1.13 bits per heavy atom. The van der Waals surface area contributed by atoms with Crippen LogP contribution in [-0.4, -0.2) is 36.6 Å². The molecule has 4 heteroatoms. The van der Waals surface area contributed by atoms with E-state index in [0.29, 0.717) is 11.3 Å². The summed E-state index contributed by atoms with van der Waals surface area (Å²) in [6.07, 6.45) is -0.707. The van der Waals surface area contributed by atoms with E-state index in [-0.39, 0.29) is 12.5 Å². The smallest absolute Gasteiger partial charge is 0.253 e. The van der Waals surface area contributed by atoms with Crippen molar-refractivity contribution in [3.63, 3.8) is 0 Å². The van der Waals surface area contributed by atoms with Crippen molar-refractivity contribution in [2.24, 2.45) is 0 Å². The van der Waals surface area contributed by atoms with Crippen molar-refractivity contribution in [1.82, 2.24) is 4.90 Å². The lowest BCUT2D eigenvalue weighted by Gasteiger charge is -2.15. The van der Waals surface area contributed by atoms with Gasteiger partial charge in [0.2, 0.25) is 0 Å². The molecular formula is C19H23NO3. The molecule has 23 heavy (non-hydrogen) atoms. The molecule has 0 aliphatic carbocycles. The first-order valence-electron chi connectivity index (χ1n) is 7.57. The number of carbonyl (C=O) groups excluding carboxylic acids is 1. The third-order valence-corrected chi connectivity index (χ3v) is 3.52. The van der Waals surface area contributed by atoms with E-state index >= 15 is 0 Å². The van der Waals surface area contributed by atoms with Gasteiger partial charge in [0, 0.05) is 19.7 Å². The maximum absolute atomic E-state index is 12.0. The first kappa shape index (κ1) is 17.0. The number of ether oxygens (including phenoxy) is 1. The fraction of sp³-hybridized carbons (Fsp3) is 0.316. The first-order valence-corrected chi connectivity index (χ1v) is 7.57. The number of benzene rings is 2. The van der Waals surface area contributed by atoms with Crippen molar-refractivity contribution in [3.8, 4) is 5.75 Å². The highest BCUT2D eigenvalue weighted by atomic mass is 16.5. The third-order valence-electron chi connectivity index (χ3n) is 3.52. The molecule has 2 aromatic rings. The third kappa shape index (κ3) is 4.57. The quantitative estimate of drug-likeness (QED) is 0.922. The van der Waals surface area contributed by atoms with Gasteiger partial charge in [0.25, 0.3) is 5.91 Å². The molecule has 0 aliphatic heterocycles. The Bertz CT molecular complexity index is 675. The van der Waals surface area contributed by atoms with Crippen LogP contribution in [0.2, 0.25) is 0 Å². The molecule has 122 valence electrons. The largest absolute Gasteiger partial charge is 0.491 e. The van der Waals surface area contributed by atoms with E-state index in [9.17, 15) is 9.90 Å². The van der Waals surface area contributed by atoms with Crippen LogP contribution in [0.25, 0.3) is 0 Å². The number of hydrogen-bond donors (Lipinski definition) is 1. The van der Waals surface area contributed by atoms with Crippen LogP contribution in [0.1, 0.15) is 33.2 Å². The van der Waals surface area contributed by atoms with Gasteiger partial charge in [-0.1, -0.05) is 35.4 Å². The number of aliphatic hydroxyl groups is 1. The summed E-state index contributed by atoms with van der Waals surface area (Å²) in [7, 11) is 3.42. The zero-order valence-electron chi connectivity index (χ0n) is 14.0. The molecule has 0 radical (unpaired) electrons. The lowest BCUT2D eigenvalue weighted by atomic mass is 10.0. The minimum absolute atomic E-state index is 0.0784. The molecule has 0 aromatic heterocycles. The van der Waals surface area contributed by atoms with Crippen molar-refractivity contribution < 1.29 is 14.6 Å². The molecule has 1 unspecified atom stereocenters. The molecule has 0 fully saturated rings. The highest BCUT2D eigenvalue weighted by Gasteiger charge is 2.12. The minimum Gasteiger partial charge on any atom is -0.491 e. The number of hydrogen-bond acceptors (Lipinski definition) is 3. The second-order valence-electron chi connectivity index (χ2n) is 5.98. The molecule has 1 N–H and O–H groups in total. The van der Waals surface area contributed by atoms with Gasteiger partial charge < -0.3 is 14.7 Å². The van der Waals surface area contributed by atoms with Gasteiger partial charge in [-0.3, -0.25) is 4.79 Å². The molecule has 4 nitrogen and oxygen atoms in total. The summed E-state index contributed by atoms with van der Waals surface area (Å²) in [6.45, 7) is 4.14. The zero-order chi connectivity index (χ0) is 17.0. The SMILES string of the molecule is Cc1cc(C)cc(C(O)COc2cccc(C(=O)N(C)C)c2)c1. The molecule has 0 aliphatic rings. The Labute approximate surface area is 137 Å². The Hall–Kier alpha value is -2.33. The van der Waals surface area contributed by atoms with Crippen LogP contribution in [0.5, 0.6) is 5.75 Å². The maximum Gasteiger partial charge on any atom is 0.253 e. The predicted molar refractivity (Wildman–Crippen MR) is 90.8 cm³/mol. The monoisotopic (exact) mass is 313 g/mol. The van der Waals surface area contributed by atoms with E-state index in [2.05, 4.69) is 6.07 Å². The fourth-order valence-corrected chi connectivity index (χ4v) is 2.45. The van der Waals surface area contributed by atoms with E-state index in [1.165, 1.54) is 4.90 Å². The first-order chi connectivity index (χ1) is 10.9. The summed E-state index contributed by atoms with van der Waals surface area (Å²) in [5.41, 5.74) is 3.62. The number of aryl methyl sites for hydroxylation is 2. The van der Waals surface area contributed by atoms with Crippen LogP contribution in [0.15, 0.2) is 42.5 Å². The molecule has 2 rings (SSSR count). The van der Waals surface area contributed by atoms with Crippen LogP contribution < -0.4 is 4.74 Å². The highest BCUT2D eigenvalue weighted by Crippen LogP contribution is 2.20. The average Bonchev–Trinajstić information content (AvgIpc) is 2.51. The molecule has 2 aromatic carbocycles. The van der Waals surface area contributed by atoms with Gasteiger partial charge in [0.05, 0.1) is 0 Å². The standard InChI is InChI=1S/C19H23NO3/c1-13-8-14(2)10-16(9-13)18(21)12-23-17-7-5-6-15(11-17)19(22)20(3)4/h5-11,18,21H,12H2,1-4H3. The van der Waals surface area contributed by atoms with Crippen molar-refractivity contribution in [2.75, 3.05) is 20.7 Å². The van der Waals surface area contributed by atoms with Gasteiger partial charge in [0.15, 0.2) is 0 Å². The summed E-state index contributed by atoms with van der Waals surface area (Å²) in [5, 5.41) is 10.3. The van der Waals surface area contributed by atoms with Gasteiger partial charge in [0.1, 0.15) is 18.5 Å². The summed E-state index contributed by atoms with van der Waals surface area (Å²) in [6, 6.07) is 13.0. The molecule has 1 atom stereocenters. The van der Waals surface area contributed by atoms with Crippen LogP contribution in [0.3, 0.4) is 0 Å². The van der Waals surface area contributed by atoms with Crippen LogP contribution in [0, 0.1) is 13.8 Å². The zero-order valence-corrected chi connectivity index (χ0v) is 14.0. The lowest BCUT2D eigenvalue weighted by molar-refractivity contribution is 0.0826. The predicted octanol–water partition coefficient (Wildman–Crippen LogP) is 3.12. The molecule has 0 bridgehead atoms. The second-order valence-corrected chi connectivity index (χ2v) is 5.98. The van der Waals surface area contributed by atoms with Crippen LogP contribution >= 0.6 is 0 Å². The molecule has 0 spiro atoms. The fourth-order valence-electron chi connectivity index (χ4n) is 2.45.